The molecule has 1 aromatic carbocycles. The van der Waals surface area contributed by atoms with E-state index in [1.807, 2.05) is 18.6 Å². The second kappa shape index (κ2) is 4.83. The molecule has 0 amide bonds. The molecule has 2 fully saturated rings. The van der Waals surface area contributed by atoms with Gasteiger partial charge in [0.2, 0.25) is 0 Å². The Bertz CT molecular complexity index is 868. The van der Waals surface area contributed by atoms with Gasteiger partial charge >= 0.3 is 0 Å². The third-order valence-electron chi connectivity index (χ3n) is 5.47. The van der Waals surface area contributed by atoms with Crippen LogP contribution in [0.1, 0.15) is 0 Å². The molecule has 0 radical (unpaired) electrons. The van der Waals surface area contributed by atoms with E-state index in [9.17, 15) is 0 Å². The van der Waals surface area contributed by atoms with Gasteiger partial charge in [-0.2, -0.15) is 0 Å². The van der Waals surface area contributed by atoms with Gasteiger partial charge in [0.15, 0.2) is 0 Å². The van der Waals surface area contributed by atoms with E-state index >= 15 is 0 Å². The summed E-state index contributed by atoms with van der Waals surface area (Å²) in [6.45, 7) is 3.53. The standard InChI is InChI=1S/C19H20N4/c1-22-10-16-11-23(12-19(16)22)17-7-15(8-20-9-17)13-2-3-18-14(6-13)4-5-21-18/h2-9,16,19,21H,10-12H2,1H3/t16-,19+/m1/s1. The average molecular weight is 304 g/mol. The van der Waals surface area contributed by atoms with Crippen LogP contribution < -0.4 is 4.90 Å². The first kappa shape index (κ1) is 13.1. The van der Waals surface area contributed by atoms with Crippen LogP contribution in [0.3, 0.4) is 0 Å². The zero-order valence-electron chi connectivity index (χ0n) is 13.2. The summed E-state index contributed by atoms with van der Waals surface area (Å²) >= 11 is 0. The third kappa shape index (κ3) is 2.05. The Hall–Kier alpha value is -2.33. The van der Waals surface area contributed by atoms with Gasteiger partial charge in [-0.25, -0.2) is 0 Å². The van der Waals surface area contributed by atoms with Crippen LogP contribution in [-0.2, 0) is 0 Å². The fourth-order valence-corrected chi connectivity index (χ4v) is 4.10. The largest absolute Gasteiger partial charge is 0.368 e. The molecule has 4 heteroatoms. The van der Waals surface area contributed by atoms with E-state index in [4.69, 9.17) is 0 Å². The van der Waals surface area contributed by atoms with Crippen LogP contribution in [0.25, 0.3) is 22.0 Å². The molecule has 4 nitrogen and oxygen atoms in total. The van der Waals surface area contributed by atoms with Gasteiger partial charge in [0, 0.05) is 55.1 Å². The van der Waals surface area contributed by atoms with E-state index in [0.717, 1.165) is 25.0 Å². The number of nitrogens with zero attached hydrogens (tertiary/aromatic N) is 3. The van der Waals surface area contributed by atoms with Gasteiger partial charge < -0.3 is 14.8 Å². The molecule has 2 aliphatic rings. The molecule has 116 valence electrons. The van der Waals surface area contributed by atoms with Gasteiger partial charge in [0.25, 0.3) is 0 Å². The molecular weight excluding hydrogens is 284 g/mol. The summed E-state index contributed by atoms with van der Waals surface area (Å²) in [4.78, 5) is 12.7. The minimum Gasteiger partial charge on any atom is -0.368 e. The number of likely N-dealkylation sites (N-methyl/N-ethyl adjacent to an activating group) is 1. The van der Waals surface area contributed by atoms with Crippen LogP contribution >= 0.6 is 0 Å². The lowest BCUT2D eigenvalue weighted by Gasteiger charge is -2.40. The summed E-state index contributed by atoms with van der Waals surface area (Å²) in [5.74, 6) is 0.833. The molecule has 0 aliphatic carbocycles. The summed E-state index contributed by atoms with van der Waals surface area (Å²) in [7, 11) is 2.23. The van der Waals surface area contributed by atoms with E-state index < -0.39 is 0 Å². The lowest BCUT2D eigenvalue weighted by Crippen LogP contribution is -2.52. The second-order valence-corrected chi connectivity index (χ2v) is 6.88. The van der Waals surface area contributed by atoms with Crippen molar-refractivity contribution in [3.63, 3.8) is 0 Å². The molecule has 2 saturated heterocycles. The van der Waals surface area contributed by atoms with E-state index in [1.165, 1.54) is 34.3 Å². The van der Waals surface area contributed by atoms with Crippen molar-refractivity contribution < 1.29 is 0 Å². The first-order valence-corrected chi connectivity index (χ1v) is 8.26. The fourth-order valence-electron chi connectivity index (χ4n) is 4.10. The second-order valence-electron chi connectivity index (χ2n) is 6.88. The van der Waals surface area contributed by atoms with Gasteiger partial charge in [-0.1, -0.05) is 6.07 Å². The van der Waals surface area contributed by atoms with Crippen molar-refractivity contribution >= 4 is 16.6 Å². The highest BCUT2D eigenvalue weighted by atomic mass is 15.3. The molecule has 1 N–H and O–H groups in total. The van der Waals surface area contributed by atoms with Crippen molar-refractivity contribution in [3.8, 4) is 11.1 Å². The predicted molar refractivity (Wildman–Crippen MR) is 93.7 cm³/mol. The summed E-state index contributed by atoms with van der Waals surface area (Å²) in [5, 5.41) is 1.24. The lowest BCUT2D eigenvalue weighted by molar-refractivity contribution is 0.0827. The third-order valence-corrected chi connectivity index (χ3v) is 5.47. The molecule has 2 aromatic heterocycles. The van der Waals surface area contributed by atoms with Crippen molar-refractivity contribution in [1.29, 1.82) is 0 Å². The lowest BCUT2D eigenvalue weighted by atomic mass is 9.93. The Morgan fingerprint density at radius 1 is 1.04 bits per heavy atom. The highest BCUT2D eigenvalue weighted by Crippen LogP contribution is 2.34. The van der Waals surface area contributed by atoms with Crippen LogP contribution in [-0.4, -0.2) is 47.6 Å². The quantitative estimate of drug-likeness (QED) is 0.790. The van der Waals surface area contributed by atoms with Gasteiger partial charge in [-0.3, -0.25) is 4.98 Å². The van der Waals surface area contributed by atoms with Crippen LogP contribution in [0.2, 0.25) is 0 Å². The number of anilines is 1. The fraction of sp³-hybridized carbons (Fsp3) is 0.316. The Labute approximate surface area is 135 Å². The number of hydrogen-bond acceptors (Lipinski definition) is 3. The topological polar surface area (TPSA) is 35.2 Å². The van der Waals surface area contributed by atoms with Crippen LogP contribution in [0.15, 0.2) is 48.9 Å². The molecule has 4 heterocycles. The number of H-pyrrole nitrogens is 1. The number of hydrogen-bond donors (Lipinski definition) is 1. The molecule has 0 saturated carbocycles. The molecule has 0 spiro atoms. The summed E-state index contributed by atoms with van der Waals surface area (Å²) in [6.07, 6.45) is 5.96. The number of fused-ring (bicyclic) bond motifs is 2. The van der Waals surface area contributed by atoms with Crippen molar-refractivity contribution in [2.75, 3.05) is 31.6 Å². The molecule has 0 unspecified atom stereocenters. The summed E-state index contributed by atoms with van der Waals surface area (Å²) in [5.41, 5.74) is 4.85. The smallest absolute Gasteiger partial charge is 0.0559 e. The summed E-state index contributed by atoms with van der Waals surface area (Å²) < 4.78 is 0. The Morgan fingerprint density at radius 2 is 2.00 bits per heavy atom. The SMILES string of the molecule is CN1C[C@@H]2CN(c3cncc(-c4ccc5[nH]ccc5c4)c3)C[C@@H]21. The Morgan fingerprint density at radius 3 is 2.87 bits per heavy atom. The Balaban J connectivity index is 1.48. The van der Waals surface area contributed by atoms with Crippen molar-refractivity contribution in [1.82, 2.24) is 14.9 Å². The minimum atomic E-state index is 0.731. The van der Waals surface area contributed by atoms with Crippen LogP contribution in [0.5, 0.6) is 0 Å². The monoisotopic (exact) mass is 304 g/mol. The van der Waals surface area contributed by atoms with E-state index in [2.05, 4.69) is 57.1 Å². The van der Waals surface area contributed by atoms with Gasteiger partial charge in [0.1, 0.15) is 0 Å². The first-order valence-electron chi connectivity index (χ1n) is 8.26. The van der Waals surface area contributed by atoms with Gasteiger partial charge in [-0.15, -0.1) is 0 Å². The van der Waals surface area contributed by atoms with E-state index in [-0.39, 0.29) is 0 Å². The maximum Gasteiger partial charge on any atom is 0.0559 e. The predicted octanol–water partition coefficient (Wildman–Crippen LogP) is 2.98. The van der Waals surface area contributed by atoms with E-state index in [0.29, 0.717) is 0 Å². The zero-order chi connectivity index (χ0) is 15.4. The number of rotatable bonds is 2. The molecule has 2 atom stereocenters. The number of nitrogens with one attached hydrogen (secondary N) is 1. The number of likely N-dealkylation sites (tertiary alicyclic amines) is 1. The molecule has 3 aromatic rings. The molecule has 0 bridgehead atoms. The minimum absolute atomic E-state index is 0.731. The maximum absolute atomic E-state index is 4.50. The molecular formula is C19H20N4. The van der Waals surface area contributed by atoms with Gasteiger partial charge in [-0.05, 0) is 42.3 Å². The highest BCUT2D eigenvalue weighted by Gasteiger charge is 2.43. The Kier molecular flexibility index (Phi) is 2.76. The van der Waals surface area contributed by atoms with Gasteiger partial charge in [0.05, 0.1) is 11.9 Å². The molecule has 23 heavy (non-hydrogen) atoms. The van der Waals surface area contributed by atoms with Crippen LogP contribution in [0, 0.1) is 5.92 Å². The van der Waals surface area contributed by atoms with E-state index in [1.54, 1.807) is 0 Å². The first-order chi connectivity index (χ1) is 11.3. The highest BCUT2D eigenvalue weighted by molar-refractivity contribution is 5.85. The number of aromatic amines is 1. The molecule has 2 aliphatic heterocycles. The van der Waals surface area contributed by atoms with Crippen molar-refractivity contribution in [2.24, 2.45) is 5.92 Å². The normalized spacial score (nSPS) is 24.0. The number of pyridine rings is 1. The van der Waals surface area contributed by atoms with Crippen molar-refractivity contribution in [2.45, 2.75) is 6.04 Å². The van der Waals surface area contributed by atoms with Crippen LogP contribution in [0.4, 0.5) is 5.69 Å². The molecule has 5 rings (SSSR count). The number of benzene rings is 1. The zero-order valence-corrected chi connectivity index (χ0v) is 13.2. The number of aromatic nitrogens is 2. The maximum atomic E-state index is 4.50. The summed E-state index contributed by atoms with van der Waals surface area (Å²) in [6, 6.07) is 11.7. The average Bonchev–Trinajstić information content (AvgIpc) is 3.18. The van der Waals surface area contributed by atoms with Crippen molar-refractivity contribution in [3.05, 3.63) is 48.9 Å².